The summed E-state index contributed by atoms with van der Waals surface area (Å²) >= 11 is 6.11. The van der Waals surface area contributed by atoms with Crippen LogP contribution in [0.15, 0.2) is 42.5 Å². The van der Waals surface area contributed by atoms with Crippen molar-refractivity contribution in [3.05, 3.63) is 64.2 Å². The van der Waals surface area contributed by atoms with Crippen molar-refractivity contribution in [1.82, 2.24) is 4.90 Å². The number of anilines is 1. The molecule has 0 aromatic heterocycles. The highest BCUT2D eigenvalue weighted by molar-refractivity contribution is 6.31. The smallest absolute Gasteiger partial charge is 0.255 e. The van der Waals surface area contributed by atoms with Crippen LogP contribution in [-0.2, 0) is 6.54 Å². The summed E-state index contributed by atoms with van der Waals surface area (Å²) < 4.78 is 0. The van der Waals surface area contributed by atoms with E-state index in [0.29, 0.717) is 10.6 Å². The first-order valence-corrected chi connectivity index (χ1v) is 9.28. The maximum absolute atomic E-state index is 12.5. The van der Waals surface area contributed by atoms with Gasteiger partial charge in [-0.25, -0.2) is 0 Å². The minimum absolute atomic E-state index is 0.108. The molecule has 1 N–H and O–H groups in total. The van der Waals surface area contributed by atoms with E-state index in [1.165, 1.54) is 24.9 Å². The summed E-state index contributed by atoms with van der Waals surface area (Å²) in [7, 11) is 0. The number of hydrogen-bond acceptors (Lipinski definition) is 2. The first-order valence-electron chi connectivity index (χ1n) is 8.90. The molecule has 1 fully saturated rings. The molecule has 0 unspecified atom stereocenters. The highest BCUT2D eigenvalue weighted by Crippen LogP contribution is 2.23. The molecule has 0 radical (unpaired) electrons. The molecule has 1 saturated heterocycles. The number of rotatable bonds is 4. The van der Waals surface area contributed by atoms with Gasteiger partial charge in [-0.2, -0.15) is 0 Å². The quantitative estimate of drug-likeness (QED) is 0.823. The van der Waals surface area contributed by atoms with Crippen LogP contribution in [0.4, 0.5) is 5.69 Å². The molecule has 3 nitrogen and oxygen atoms in total. The largest absolute Gasteiger partial charge is 0.322 e. The standard InChI is InChI=1S/C21H25ClN2O/c1-15-5-4-12-24(13-15)14-17-8-10-18(11-9-17)21(25)23-20-7-3-6-19(22)16(20)2/h3,6-11,15H,4-5,12-14H2,1-2H3,(H,23,25)/t15-/m0/s1. The van der Waals surface area contributed by atoms with Gasteiger partial charge in [0, 0.05) is 29.4 Å². The fraction of sp³-hybridized carbons (Fsp3) is 0.381. The normalized spacial score (nSPS) is 18.1. The molecule has 0 saturated carbocycles. The number of piperidine rings is 1. The van der Waals surface area contributed by atoms with Gasteiger partial charge in [-0.05, 0) is 67.6 Å². The Morgan fingerprint density at radius 2 is 2.00 bits per heavy atom. The highest BCUT2D eigenvalue weighted by Gasteiger charge is 2.16. The second-order valence-corrected chi connectivity index (χ2v) is 7.45. The third kappa shape index (κ3) is 4.62. The maximum atomic E-state index is 12.5. The van der Waals surface area contributed by atoms with Crippen LogP contribution in [0.5, 0.6) is 0 Å². The summed E-state index contributed by atoms with van der Waals surface area (Å²) in [5.74, 6) is 0.670. The van der Waals surface area contributed by atoms with Gasteiger partial charge in [0.05, 0.1) is 0 Å². The molecule has 1 aliphatic heterocycles. The number of amides is 1. The van der Waals surface area contributed by atoms with Crippen molar-refractivity contribution >= 4 is 23.2 Å². The van der Waals surface area contributed by atoms with E-state index < -0.39 is 0 Å². The molecule has 0 bridgehead atoms. The van der Waals surface area contributed by atoms with Crippen LogP contribution >= 0.6 is 11.6 Å². The Kier molecular flexibility index (Phi) is 5.77. The van der Waals surface area contributed by atoms with E-state index in [0.717, 1.165) is 30.3 Å². The van der Waals surface area contributed by atoms with E-state index in [1.54, 1.807) is 0 Å². The fourth-order valence-corrected chi connectivity index (χ4v) is 3.56. The molecule has 1 amide bonds. The summed E-state index contributed by atoms with van der Waals surface area (Å²) in [5.41, 5.74) is 3.55. The zero-order valence-corrected chi connectivity index (χ0v) is 15.6. The third-order valence-electron chi connectivity index (χ3n) is 4.88. The predicted octanol–water partition coefficient (Wildman–Crippen LogP) is 5.13. The van der Waals surface area contributed by atoms with Crippen molar-refractivity contribution in [2.45, 2.75) is 33.2 Å². The number of likely N-dealkylation sites (tertiary alicyclic amines) is 1. The maximum Gasteiger partial charge on any atom is 0.255 e. The van der Waals surface area contributed by atoms with Crippen LogP contribution in [0.1, 0.15) is 41.3 Å². The van der Waals surface area contributed by atoms with Crippen LogP contribution in [0.25, 0.3) is 0 Å². The van der Waals surface area contributed by atoms with Crippen molar-refractivity contribution in [1.29, 1.82) is 0 Å². The average Bonchev–Trinajstić information content (AvgIpc) is 2.59. The molecule has 132 valence electrons. The van der Waals surface area contributed by atoms with Gasteiger partial charge in [-0.1, -0.05) is 36.7 Å². The zero-order chi connectivity index (χ0) is 17.8. The molecule has 25 heavy (non-hydrogen) atoms. The molecule has 0 aliphatic carbocycles. The van der Waals surface area contributed by atoms with E-state index >= 15 is 0 Å². The highest BCUT2D eigenvalue weighted by atomic mass is 35.5. The van der Waals surface area contributed by atoms with Gasteiger partial charge in [-0.15, -0.1) is 0 Å². The van der Waals surface area contributed by atoms with Crippen LogP contribution in [0.3, 0.4) is 0 Å². The Morgan fingerprint density at radius 1 is 1.24 bits per heavy atom. The number of benzene rings is 2. The van der Waals surface area contributed by atoms with E-state index in [2.05, 4.69) is 29.3 Å². The SMILES string of the molecule is Cc1c(Cl)cccc1NC(=O)c1ccc(CN2CCC[C@H](C)C2)cc1. The second kappa shape index (κ2) is 8.03. The number of nitrogens with one attached hydrogen (secondary N) is 1. The molecule has 3 rings (SSSR count). The van der Waals surface area contributed by atoms with Crippen LogP contribution < -0.4 is 5.32 Å². The molecular weight excluding hydrogens is 332 g/mol. The third-order valence-corrected chi connectivity index (χ3v) is 5.29. The fourth-order valence-electron chi connectivity index (χ4n) is 3.39. The number of hydrogen-bond donors (Lipinski definition) is 1. The van der Waals surface area contributed by atoms with E-state index in [-0.39, 0.29) is 5.91 Å². The second-order valence-electron chi connectivity index (χ2n) is 7.05. The van der Waals surface area contributed by atoms with Crippen molar-refractivity contribution in [3.8, 4) is 0 Å². The van der Waals surface area contributed by atoms with Crippen molar-refractivity contribution in [3.63, 3.8) is 0 Å². The van der Waals surface area contributed by atoms with Crippen LogP contribution in [-0.4, -0.2) is 23.9 Å². The number of halogens is 1. The van der Waals surface area contributed by atoms with Gasteiger partial charge in [0.2, 0.25) is 0 Å². The minimum atomic E-state index is -0.108. The predicted molar refractivity (Wildman–Crippen MR) is 104 cm³/mol. The van der Waals surface area contributed by atoms with Crippen molar-refractivity contribution < 1.29 is 4.79 Å². The Bertz CT molecular complexity index is 742. The van der Waals surface area contributed by atoms with E-state index in [9.17, 15) is 4.79 Å². The first kappa shape index (κ1) is 18.0. The lowest BCUT2D eigenvalue weighted by Gasteiger charge is -2.30. The molecule has 1 atom stereocenters. The van der Waals surface area contributed by atoms with Gasteiger partial charge in [0.1, 0.15) is 0 Å². The topological polar surface area (TPSA) is 32.3 Å². The van der Waals surface area contributed by atoms with Gasteiger partial charge in [-0.3, -0.25) is 9.69 Å². The lowest BCUT2D eigenvalue weighted by molar-refractivity contribution is 0.102. The Balaban J connectivity index is 1.63. The molecular formula is C21H25ClN2O. The van der Waals surface area contributed by atoms with Gasteiger partial charge < -0.3 is 5.32 Å². The number of carbonyl (C=O) groups is 1. The first-order chi connectivity index (χ1) is 12.0. The molecule has 0 spiro atoms. The Labute approximate surface area is 155 Å². The number of nitrogens with zero attached hydrogens (tertiary/aromatic N) is 1. The summed E-state index contributed by atoms with van der Waals surface area (Å²) in [4.78, 5) is 15.0. The minimum Gasteiger partial charge on any atom is -0.322 e. The zero-order valence-electron chi connectivity index (χ0n) is 14.9. The van der Waals surface area contributed by atoms with Crippen molar-refractivity contribution in [2.24, 2.45) is 5.92 Å². The molecule has 2 aromatic carbocycles. The Hall–Kier alpha value is -1.84. The average molecular weight is 357 g/mol. The summed E-state index contributed by atoms with van der Waals surface area (Å²) in [6.45, 7) is 7.51. The summed E-state index contributed by atoms with van der Waals surface area (Å²) in [5, 5.41) is 3.60. The molecule has 4 heteroatoms. The molecule has 2 aromatic rings. The van der Waals surface area contributed by atoms with Crippen LogP contribution in [0.2, 0.25) is 5.02 Å². The molecule has 1 heterocycles. The lowest BCUT2D eigenvalue weighted by atomic mass is 9.99. The van der Waals surface area contributed by atoms with Gasteiger partial charge >= 0.3 is 0 Å². The van der Waals surface area contributed by atoms with Gasteiger partial charge in [0.15, 0.2) is 0 Å². The van der Waals surface area contributed by atoms with E-state index in [1.807, 2.05) is 37.3 Å². The summed E-state index contributed by atoms with van der Waals surface area (Å²) in [6, 6.07) is 13.4. The summed E-state index contributed by atoms with van der Waals surface area (Å²) in [6.07, 6.45) is 2.61. The Morgan fingerprint density at radius 3 is 2.72 bits per heavy atom. The van der Waals surface area contributed by atoms with Gasteiger partial charge in [0.25, 0.3) is 5.91 Å². The van der Waals surface area contributed by atoms with Crippen LogP contribution in [0, 0.1) is 12.8 Å². The monoisotopic (exact) mass is 356 g/mol. The lowest BCUT2D eigenvalue weighted by Crippen LogP contribution is -2.33. The van der Waals surface area contributed by atoms with Crippen molar-refractivity contribution in [2.75, 3.05) is 18.4 Å². The molecule has 1 aliphatic rings. The number of carbonyl (C=O) groups excluding carboxylic acids is 1. The van der Waals surface area contributed by atoms with E-state index in [4.69, 9.17) is 11.6 Å².